The summed E-state index contributed by atoms with van der Waals surface area (Å²) in [6.07, 6.45) is 0.972. The minimum Gasteiger partial charge on any atom is -0.508 e. The van der Waals surface area contributed by atoms with Crippen molar-refractivity contribution in [2.75, 3.05) is 6.54 Å². The maximum atomic E-state index is 9.25. The van der Waals surface area contributed by atoms with Crippen molar-refractivity contribution in [1.29, 1.82) is 0 Å². The number of aromatic hydroxyl groups is 1. The van der Waals surface area contributed by atoms with Gasteiger partial charge in [-0.1, -0.05) is 35.9 Å². The molecule has 2 rings (SSSR count). The summed E-state index contributed by atoms with van der Waals surface area (Å²) >= 11 is 5.85. The second-order valence-electron chi connectivity index (χ2n) is 4.64. The van der Waals surface area contributed by atoms with E-state index in [9.17, 15) is 5.11 Å². The van der Waals surface area contributed by atoms with Crippen molar-refractivity contribution in [3.05, 3.63) is 64.7 Å². The van der Waals surface area contributed by atoms with Crippen LogP contribution < -0.4 is 5.32 Å². The molecule has 0 fully saturated rings. The normalized spacial score (nSPS) is 12.3. The van der Waals surface area contributed by atoms with E-state index in [-0.39, 0.29) is 6.04 Å². The molecule has 0 aromatic heterocycles. The van der Waals surface area contributed by atoms with Gasteiger partial charge < -0.3 is 10.4 Å². The summed E-state index contributed by atoms with van der Waals surface area (Å²) < 4.78 is 0. The van der Waals surface area contributed by atoms with Crippen LogP contribution in [-0.2, 0) is 6.42 Å². The van der Waals surface area contributed by atoms with Gasteiger partial charge in [0.15, 0.2) is 0 Å². The van der Waals surface area contributed by atoms with E-state index in [0.29, 0.717) is 5.75 Å². The first-order chi connectivity index (χ1) is 9.15. The van der Waals surface area contributed by atoms with Gasteiger partial charge in [-0.2, -0.15) is 0 Å². The van der Waals surface area contributed by atoms with Crippen LogP contribution in [0.2, 0.25) is 5.02 Å². The molecule has 0 aliphatic heterocycles. The van der Waals surface area contributed by atoms with Crippen LogP contribution in [-0.4, -0.2) is 11.7 Å². The van der Waals surface area contributed by atoms with Gasteiger partial charge in [-0.25, -0.2) is 0 Å². The van der Waals surface area contributed by atoms with Crippen LogP contribution >= 0.6 is 11.6 Å². The molecular formula is C16H18ClNO. The number of benzene rings is 2. The third-order valence-electron chi connectivity index (χ3n) is 3.17. The average Bonchev–Trinajstić information content (AvgIpc) is 2.41. The Balaban J connectivity index is 1.82. The second-order valence-corrected chi connectivity index (χ2v) is 5.08. The molecule has 0 aliphatic rings. The molecule has 1 atom stereocenters. The van der Waals surface area contributed by atoms with Crippen LogP contribution in [0.1, 0.15) is 24.1 Å². The van der Waals surface area contributed by atoms with Crippen LogP contribution in [0.15, 0.2) is 48.5 Å². The highest BCUT2D eigenvalue weighted by molar-refractivity contribution is 6.30. The fraction of sp³-hybridized carbons (Fsp3) is 0.250. The lowest BCUT2D eigenvalue weighted by Crippen LogP contribution is -2.21. The van der Waals surface area contributed by atoms with Gasteiger partial charge in [-0.3, -0.25) is 0 Å². The number of rotatable bonds is 5. The molecule has 100 valence electrons. The first kappa shape index (κ1) is 13.9. The van der Waals surface area contributed by atoms with Crippen LogP contribution in [0.25, 0.3) is 0 Å². The molecule has 2 aromatic carbocycles. The summed E-state index contributed by atoms with van der Waals surface area (Å²) in [5.41, 5.74) is 2.45. The summed E-state index contributed by atoms with van der Waals surface area (Å²) in [7, 11) is 0. The molecule has 0 amide bonds. The van der Waals surface area contributed by atoms with Gasteiger partial charge in [0.05, 0.1) is 0 Å². The summed E-state index contributed by atoms with van der Waals surface area (Å²) in [6.45, 7) is 3.03. The highest BCUT2D eigenvalue weighted by Crippen LogP contribution is 2.16. The molecule has 2 N–H and O–H groups in total. The lowest BCUT2D eigenvalue weighted by atomic mass is 10.1. The minimum atomic E-state index is 0.271. The van der Waals surface area contributed by atoms with Gasteiger partial charge >= 0.3 is 0 Å². The van der Waals surface area contributed by atoms with E-state index in [0.717, 1.165) is 18.0 Å². The Bertz CT molecular complexity index is 507. The van der Waals surface area contributed by atoms with Gasteiger partial charge in [0.25, 0.3) is 0 Å². The molecule has 19 heavy (non-hydrogen) atoms. The largest absolute Gasteiger partial charge is 0.508 e. The molecule has 3 heteroatoms. The predicted molar refractivity (Wildman–Crippen MR) is 79.7 cm³/mol. The maximum Gasteiger partial charge on any atom is 0.115 e. The fourth-order valence-electron chi connectivity index (χ4n) is 1.96. The van der Waals surface area contributed by atoms with Gasteiger partial charge in [0.1, 0.15) is 5.75 Å². The molecule has 0 saturated heterocycles. The van der Waals surface area contributed by atoms with Crippen molar-refractivity contribution in [2.45, 2.75) is 19.4 Å². The van der Waals surface area contributed by atoms with Crippen LogP contribution in [0.4, 0.5) is 0 Å². The topological polar surface area (TPSA) is 32.3 Å². The molecule has 0 heterocycles. The molecule has 0 spiro atoms. The van der Waals surface area contributed by atoms with Crippen molar-refractivity contribution in [3.8, 4) is 5.75 Å². The van der Waals surface area contributed by atoms with Crippen LogP contribution in [0.5, 0.6) is 5.75 Å². The lowest BCUT2D eigenvalue weighted by Gasteiger charge is -2.14. The van der Waals surface area contributed by atoms with Crippen molar-refractivity contribution in [3.63, 3.8) is 0 Å². The Kier molecular flexibility index (Phi) is 4.83. The Morgan fingerprint density at radius 3 is 2.32 bits per heavy atom. The van der Waals surface area contributed by atoms with E-state index in [2.05, 4.69) is 24.4 Å². The zero-order valence-corrected chi connectivity index (χ0v) is 11.7. The molecule has 2 nitrogen and oxygen atoms in total. The molecule has 0 bridgehead atoms. The Morgan fingerprint density at radius 2 is 1.68 bits per heavy atom. The van der Waals surface area contributed by atoms with Gasteiger partial charge in [0, 0.05) is 11.1 Å². The quantitative estimate of drug-likeness (QED) is 0.866. The lowest BCUT2D eigenvalue weighted by molar-refractivity contribution is 0.474. The van der Waals surface area contributed by atoms with Gasteiger partial charge in [-0.15, -0.1) is 0 Å². The minimum absolute atomic E-state index is 0.271. The molecule has 2 aromatic rings. The Labute approximate surface area is 119 Å². The Morgan fingerprint density at radius 1 is 1.05 bits per heavy atom. The summed E-state index contributed by atoms with van der Waals surface area (Å²) in [6, 6.07) is 15.5. The van der Waals surface area contributed by atoms with Crippen molar-refractivity contribution < 1.29 is 5.11 Å². The van der Waals surface area contributed by atoms with Gasteiger partial charge in [0.2, 0.25) is 0 Å². The number of nitrogens with one attached hydrogen (secondary N) is 1. The van der Waals surface area contributed by atoms with E-state index < -0.39 is 0 Å². The SMILES string of the molecule is CC(NCCc1ccc(Cl)cc1)c1ccc(O)cc1. The number of halogens is 1. The summed E-state index contributed by atoms with van der Waals surface area (Å²) in [5, 5.41) is 13.5. The van der Waals surface area contributed by atoms with E-state index in [1.807, 2.05) is 24.3 Å². The highest BCUT2D eigenvalue weighted by Gasteiger charge is 2.04. The molecule has 0 saturated carbocycles. The predicted octanol–water partition coefficient (Wildman–Crippen LogP) is 3.94. The smallest absolute Gasteiger partial charge is 0.115 e. The molecule has 0 aliphatic carbocycles. The fourth-order valence-corrected chi connectivity index (χ4v) is 2.09. The van der Waals surface area contributed by atoms with E-state index in [1.54, 1.807) is 12.1 Å². The molecular weight excluding hydrogens is 258 g/mol. The first-order valence-electron chi connectivity index (χ1n) is 6.42. The number of hydrogen-bond donors (Lipinski definition) is 2. The Hall–Kier alpha value is -1.51. The zero-order valence-electron chi connectivity index (χ0n) is 10.9. The first-order valence-corrected chi connectivity index (χ1v) is 6.80. The second kappa shape index (κ2) is 6.60. The summed E-state index contributed by atoms with van der Waals surface area (Å²) in [4.78, 5) is 0. The zero-order chi connectivity index (χ0) is 13.7. The monoisotopic (exact) mass is 275 g/mol. The van der Waals surface area contributed by atoms with Crippen molar-refractivity contribution in [2.24, 2.45) is 0 Å². The van der Waals surface area contributed by atoms with Gasteiger partial charge in [-0.05, 0) is 55.3 Å². The standard InChI is InChI=1S/C16H18ClNO/c1-12(14-4-8-16(19)9-5-14)18-11-10-13-2-6-15(17)7-3-13/h2-9,12,18-19H,10-11H2,1H3. The third-order valence-corrected chi connectivity index (χ3v) is 3.42. The van der Waals surface area contributed by atoms with Crippen LogP contribution in [0, 0.1) is 0 Å². The number of phenolic OH excluding ortho intramolecular Hbond substituents is 1. The van der Waals surface area contributed by atoms with Crippen molar-refractivity contribution in [1.82, 2.24) is 5.32 Å². The third kappa shape index (κ3) is 4.27. The van der Waals surface area contributed by atoms with Crippen molar-refractivity contribution >= 4 is 11.6 Å². The highest BCUT2D eigenvalue weighted by atomic mass is 35.5. The average molecular weight is 276 g/mol. The van der Waals surface area contributed by atoms with Crippen LogP contribution in [0.3, 0.4) is 0 Å². The maximum absolute atomic E-state index is 9.25. The number of hydrogen-bond acceptors (Lipinski definition) is 2. The van der Waals surface area contributed by atoms with E-state index in [1.165, 1.54) is 11.1 Å². The van der Waals surface area contributed by atoms with E-state index in [4.69, 9.17) is 11.6 Å². The molecule has 0 radical (unpaired) electrons. The number of phenols is 1. The molecule has 1 unspecified atom stereocenters. The summed E-state index contributed by atoms with van der Waals surface area (Å²) in [5.74, 6) is 0.303. The van der Waals surface area contributed by atoms with E-state index >= 15 is 0 Å².